The Bertz CT molecular complexity index is 1020. The molecular formula is C20H22N4O9. The Morgan fingerprint density at radius 3 is 2.61 bits per heavy atom. The Labute approximate surface area is 187 Å². The molecule has 2 heterocycles. The highest BCUT2D eigenvalue weighted by Gasteiger charge is 2.26. The van der Waals surface area contributed by atoms with E-state index in [2.05, 4.69) is 10.4 Å². The first-order valence-corrected chi connectivity index (χ1v) is 9.91. The summed E-state index contributed by atoms with van der Waals surface area (Å²) in [6.07, 6.45) is 1.28. The lowest BCUT2D eigenvalue weighted by Gasteiger charge is -2.11. The van der Waals surface area contributed by atoms with Crippen molar-refractivity contribution < 1.29 is 38.2 Å². The molecule has 13 nitrogen and oxygen atoms in total. The summed E-state index contributed by atoms with van der Waals surface area (Å²) in [5, 5.41) is 26.8. The Morgan fingerprint density at radius 1 is 1.15 bits per heavy atom. The molecule has 2 aromatic rings. The van der Waals surface area contributed by atoms with Crippen molar-refractivity contribution in [3.63, 3.8) is 0 Å². The third kappa shape index (κ3) is 6.83. The number of rotatable bonds is 13. The lowest BCUT2D eigenvalue weighted by Crippen LogP contribution is -2.24. The van der Waals surface area contributed by atoms with Crippen LogP contribution in [0.25, 0.3) is 11.3 Å². The number of hydrogen-bond donors (Lipinski definition) is 2. The second-order valence-electron chi connectivity index (χ2n) is 6.59. The minimum Gasteiger partial charge on any atom is -0.490 e. The number of carbonyl (C=O) groups excluding carboxylic acids is 2. The van der Waals surface area contributed by atoms with Gasteiger partial charge in [-0.3, -0.25) is 20.2 Å². The van der Waals surface area contributed by atoms with E-state index in [0.717, 1.165) is 5.01 Å². The van der Waals surface area contributed by atoms with E-state index in [9.17, 15) is 19.7 Å². The second kappa shape index (κ2) is 11.7. The monoisotopic (exact) mass is 462 g/mol. The molecule has 13 heteroatoms. The Kier molecular flexibility index (Phi) is 8.46. The zero-order valence-corrected chi connectivity index (χ0v) is 17.5. The molecule has 1 aromatic carbocycles. The third-order valence-corrected chi connectivity index (χ3v) is 4.26. The zero-order chi connectivity index (χ0) is 23.6. The lowest BCUT2D eigenvalue weighted by molar-refractivity contribution is -0.384. The molecule has 2 N–H and O–H groups in total. The first-order chi connectivity index (χ1) is 16.0. The van der Waals surface area contributed by atoms with Gasteiger partial charge in [0, 0.05) is 6.07 Å². The molecule has 3 rings (SSSR count). The summed E-state index contributed by atoms with van der Waals surface area (Å²) >= 11 is 0. The number of aliphatic hydroxyl groups is 1. The van der Waals surface area contributed by atoms with Crippen LogP contribution in [-0.4, -0.2) is 79.4 Å². The lowest BCUT2D eigenvalue weighted by atomic mass is 10.1. The van der Waals surface area contributed by atoms with Gasteiger partial charge in [-0.05, 0) is 18.2 Å². The molecule has 0 bridgehead atoms. The summed E-state index contributed by atoms with van der Waals surface area (Å²) in [7, 11) is 0. The van der Waals surface area contributed by atoms with Crippen LogP contribution in [0.2, 0.25) is 0 Å². The summed E-state index contributed by atoms with van der Waals surface area (Å²) < 4.78 is 21.8. The molecule has 33 heavy (non-hydrogen) atoms. The Morgan fingerprint density at radius 2 is 1.91 bits per heavy atom. The predicted molar refractivity (Wildman–Crippen MR) is 113 cm³/mol. The minimum atomic E-state index is -0.628. The SMILES string of the molecule is O=C1CN(/N=C/c2ccc(-c3ccc([N+](=O)[O-])cc3OCCOCCOCCO)o2)C(=O)N1. The standard InChI is InChI=1S/C20H22N4O9/c25-5-6-30-7-8-31-9-10-32-18-11-14(24(28)29)1-3-16(18)17-4-2-15(33-17)12-21-23-13-19(26)22-20(23)27/h1-4,11-12,25H,5-10,13H2,(H,22,26,27)/b21-12+. The average molecular weight is 462 g/mol. The van der Waals surface area contributed by atoms with Crippen LogP contribution in [0.5, 0.6) is 5.75 Å². The van der Waals surface area contributed by atoms with Crippen LogP contribution in [-0.2, 0) is 14.3 Å². The number of nitro groups is 1. The highest BCUT2D eigenvalue weighted by atomic mass is 16.6. The fraction of sp³-hybridized carbons (Fsp3) is 0.350. The quantitative estimate of drug-likeness (QED) is 0.146. The number of aliphatic hydroxyl groups excluding tert-OH is 1. The molecule has 3 amide bonds. The van der Waals surface area contributed by atoms with E-state index in [1.165, 1.54) is 24.4 Å². The molecular weight excluding hydrogens is 440 g/mol. The number of hydrazone groups is 1. The zero-order valence-electron chi connectivity index (χ0n) is 17.5. The van der Waals surface area contributed by atoms with Crippen LogP contribution in [0, 0.1) is 10.1 Å². The molecule has 1 aromatic heterocycles. The molecule has 0 radical (unpaired) electrons. The van der Waals surface area contributed by atoms with E-state index in [-0.39, 0.29) is 44.4 Å². The second-order valence-corrected chi connectivity index (χ2v) is 6.59. The normalized spacial score (nSPS) is 13.7. The van der Waals surface area contributed by atoms with Crippen molar-refractivity contribution in [1.82, 2.24) is 10.3 Å². The number of hydrogen-bond acceptors (Lipinski definition) is 10. The fourth-order valence-corrected chi connectivity index (χ4v) is 2.76. The number of ether oxygens (including phenoxy) is 3. The number of furan rings is 1. The summed E-state index contributed by atoms with van der Waals surface area (Å²) in [5.74, 6) is 0.438. The maximum absolute atomic E-state index is 11.5. The predicted octanol–water partition coefficient (Wildman–Crippen LogP) is 1.14. The van der Waals surface area contributed by atoms with Crippen molar-refractivity contribution in [2.24, 2.45) is 5.10 Å². The molecule has 0 aliphatic carbocycles. The van der Waals surface area contributed by atoms with E-state index in [0.29, 0.717) is 30.3 Å². The summed E-state index contributed by atoms with van der Waals surface area (Å²) in [4.78, 5) is 33.4. The average Bonchev–Trinajstić information content (AvgIpc) is 3.39. The number of urea groups is 1. The molecule has 0 spiro atoms. The minimum absolute atomic E-state index is 0.0632. The number of imide groups is 1. The first kappa shape index (κ1) is 23.8. The molecule has 0 unspecified atom stereocenters. The Hall–Kier alpha value is -3.81. The third-order valence-electron chi connectivity index (χ3n) is 4.26. The summed E-state index contributed by atoms with van der Waals surface area (Å²) in [6.45, 7) is 0.971. The van der Waals surface area contributed by atoms with Crippen LogP contribution in [0.3, 0.4) is 0 Å². The fourth-order valence-electron chi connectivity index (χ4n) is 2.76. The molecule has 1 fully saturated rings. The van der Waals surface area contributed by atoms with Gasteiger partial charge in [0.25, 0.3) is 5.69 Å². The van der Waals surface area contributed by atoms with Crippen molar-refractivity contribution >= 4 is 23.8 Å². The van der Waals surface area contributed by atoms with Gasteiger partial charge in [0.15, 0.2) is 0 Å². The van der Waals surface area contributed by atoms with Crippen molar-refractivity contribution in [2.75, 3.05) is 46.2 Å². The smallest absolute Gasteiger partial charge is 0.344 e. The molecule has 0 saturated carbocycles. The van der Waals surface area contributed by atoms with Gasteiger partial charge in [-0.2, -0.15) is 5.10 Å². The van der Waals surface area contributed by atoms with Crippen LogP contribution in [0.15, 0.2) is 39.9 Å². The highest BCUT2D eigenvalue weighted by Crippen LogP contribution is 2.34. The van der Waals surface area contributed by atoms with Gasteiger partial charge in [0.2, 0.25) is 5.91 Å². The van der Waals surface area contributed by atoms with Gasteiger partial charge in [0.05, 0.1) is 55.8 Å². The number of non-ortho nitro benzene ring substituents is 1. The van der Waals surface area contributed by atoms with Gasteiger partial charge in [0.1, 0.15) is 30.4 Å². The van der Waals surface area contributed by atoms with E-state index in [4.69, 9.17) is 23.7 Å². The maximum atomic E-state index is 11.5. The molecule has 176 valence electrons. The number of nitrogens with zero attached hydrogens (tertiary/aromatic N) is 3. The number of nitro benzene ring substituents is 1. The Balaban J connectivity index is 1.65. The van der Waals surface area contributed by atoms with Gasteiger partial charge in [-0.25, -0.2) is 9.80 Å². The molecule has 1 saturated heterocycles. The van der Waals surface area contributed by atoms with Crippen molar-refractivity contribution in [2.45, 2.75) is 0 Å². The van der Waals surface area contributed by atoms with E-state index in [1.54, 1.807) is 12.1 Å². The summed E-state index contributed by atoms with van der Waals surface area (Å²) in [6, 6.07) is 6.71. The molecule has 0 atom stereocenters. The van der Waals surface area contributed by atoms with E-state index in [1.807, 2.05) is 0 Å². The largest absolute Gasteiger partial charge is 0.490 e. The number of benzene rings is 1. The highest BCUT2D eigenvalue weighted by molar-refractivity contribution is 6.02. The summed E-state index contributed by atoms with van der Waals surface area (Å²) in [5.41, 5.74) is 0.325. The first-order valence-electron chi connectivity index (χ1n) is 9.91. The van der Waals surface area contributed by atoms with Gasteiger partial charge in [-0.1, -0.05) is 0 Å². The van der Waals surface area contributed by atoms with Crippen LogP contribution < -0.4 is 10.1 Å². The number of carbonyl (C=O) groups is 2. The topological polar surface area (TPSA) is 166 Å². The van der Waals surface area contributed by atoms with Gasteiger partial charge in [-0.15, -0.1) is 0 Å². The maximum Gasteiger partial charge on any atom is 0.344 e. The van der Waals surface area contributed by atoms with E-state index < -0.39 is 16.9 Å². The van der Waals surface area contributed by atoms with Crippen molar-refractivity contribution in [1.29, 1.82) is 0 Å². The molecule has 1 aliphatic rings. The van der Waals surface area contributed by atoms with Gasteiger partial charge < -0.3 is 23.7 Å². The van der Waals surface area contributed by atoms with Crippen LogP contribution in [0.1, 0.15) is 5.76 Å². The van der Waals surface area contributed by atoms with E-state index >= 15 is 0 Å². The number of amides is 3. The van der Waals surface area contributed by atoms with Crippen molar-refractivity contribution in [3.05, 3.63) is 46.2 Å². The van der Waals surface area contributed by atoms with Crippen LogP contribution in [0.4, 0.5) is 10.5 Å². The number of nitrogens with one attached hydrogen (secondary N) is 1. The van der Waals surface area contributed by atoms with Crippen molar-refractivity contribution in [3.8, 4) is 17.1 Å². The van der Waals surface area contributed by atoms with Gasteiger partial charge >= 0.3 is 6.03 Å². The van der Waals surface area contributed by atoms with Crippen LogP contribution >= 0.6 is 0 Å². The molecule has 1 aliphatic heterocycles.